The van der Waals surface area contributed by atoms with Gasteiger partial charge in [-0.05, 0) is 43.5 Å². The Morgan fingerprint density at radius 2 is 1.83 bits per heavy atom. The molecule has 2 N–H and O–H groups in total. The SMILES string of the molecule is COc1c(C)cnc(Cn2cc(Cc3ccc(Cl)cc3)c3c(Cl)nc(N)nc32)c1C. The van der Waals surface area contributed by atoms with Gasteiger partial charge in [-0.15, -0.1) is 0 Å². The molecular formula is C22H21Cl2N5O. The van der Waals surface area contributed by atoms with Crippen LogP contribution in [-0.2, 0) is 13.0 Å². The quantitative estimate of drug-likeness (QED) is 0.441. The molecule has 0 amide bonds. The van der Waals surface area contributed by atoms with E-state index >= 15 is 0 Å². The Kier molecular flexibility index (Phi) is 5.54. The van der Waals surface area contributed by atoms with Crippen LogP contribution in [0.3, 0.4) is 0 Å². The number of anilines is 1. The lowest BCUT2D eigenvalue weighted by Gasteiger charge is -2.13. The van der Waals surface area contributed by atoms with Gasteiger partial charge in [-0.2, -0.15) is 4.98 Å². The Morgan fingerprint density at radius 1 is 1.10 bits per heavy atom. The molecule has 30 heavy (non-hydrogen) atoms. The number of nitrogen functional groups attached to an aromatic ring is 1. The fourth-order valence-corrected chi connectivity index (χ4v) is 4.12. The van der Waals surface area contributed by atoms with Crippen LogP contribution in [0.5, 0.6) is 5.75 Å². The summed E-state index contributed by atoms with van der Waals surface area (Å²) >= 11 is 12.5. The van der Waals surface area contributed by atoms with Crippen LogP contribution < -0.4 is 10.5 Å². The zero-order valence-electron chi connectivity index (χ0n) is 16.9. The number of nitrogens with zero attached hydrogens (tertiary/aromatic N) is 4. The summed E-state index contributed by atoms with van der Waals surface area (Å²) in [4.78, 5) is 13.2. The summed E-state index contributed by atoms with van der Waals surface area (Å²) in [5.74, 6) is 0.973. The van der Waals surface area contributed by atoms with Gasteiger partial charge in [0.05, 0.1) is 24.7 Å². The van der Waals surface area contributed by atoms with Gasteiger partial charge in [-0.25, -0.2) is 4.98 Å². The van der Waals surface area contributed by atoms with Gasteiger partial charge in [0.1, 0.15) is 16.5 Å². The van der Waals surface area contributed by atoms with Crippen LogP contribution in [0, 0.1) is 13.8 Å². The molecule has 1 aromatic carbocycles. The maximum Gasteiger partial charge on any atom is 0.223 e. The standard InChI is InChI=1S/C22H21Cl2N5O/c1-12-9-26-17(13(2)19(12)30-3)11-29-10-15(8-14-4-6-16(23)7-5-14)18-20(24)27-22(25)28-21(18)29/h4-7,9-10H,8,11H2,1-3H3,(H2,25,27,28). The number of ether oxygens (including phenoxy) is 1. The van der Waals surface area contributed by atoms with E-state index in [2.05, 4.69) is 15.0 Å². The second-order valence-electron chi connectivity index (χ2n) is 7.20. The molecular weight excluding hydrogens is 421 g/mol. The molecule has 6 nitrogen and oxygen atoms in total. The predicted octanol–water partition coefficient (Wildman–Crippen LogP) is 4.98. The molecule has 154 valence electrons. The van der Waals surface area contributed by atoms with Gasteiger partial charge in [-0.1, -0.05) is 35.3 Å². The van der Waals surface area contributed by atoms with Crippen molar-refractivity contribution in [3.8, 4) is 5.75 Å². The van der Waals surface area contributed by atoms with Crippen molar-refractivity contribution in [2.24, 2.45) is 0 Å². The van der Waals surface area contributed by atoms with Crippen LogP contribution in [0.25, 0.3) is 11.0 Å². The minimum Gasteiger partial charge on any atom is -0.496 e. The summed E-state index contributed by atoms with van der Waals surface area (Å²) in [6.07, 6.45) is 4.52. The van der Waals surface area contributed by atoms with Gasteiger partial charge in [0.25, 0.3) is 0 Å². The van der Waals surface area contributed by atoms with Crippen molar-refractivity contribution in [1.82, 2.24) is 19.5 Å². The zero-order chi connectivity index (χ0) is 21.4. The highest BCUT2D eigenvalue weighted by Gasteiger charge is 2.18. The second kappa shape index (κ2) is 8.13. The average Bonchev–Trinajstić information content (AvgIpc) is 3.03. The van der Waals surface area contributed by atoms with Gasteiger partial charge in [-0.3, -0.25) is 4.98 Å². The first-order valence-corrected chi connectivity index (χ1v) is 10.2. The van der Waals surface area contributed by atoms with Crippen molar-refractivity contribution in [2.75, 3.05) is 12.8 Å². The number of aromatic nitrogens is 4. The van der Waals surface area contributed by atoms with E-state index in [0.29, 0.717) is 28.8 Å². The lowest BCUT2D eigenvalue weighted by molar-refractivity contribution is 0.406. The molecule has 0 saturated carbocycles. The van der Waals surface area contributed by atoms with E-state index in [1.165, 1.54) is 0 Å². The maximum atomic E-state index is 6.47. The molecule has 0 fully saturated rings. The minimum absolute atomic E-state index is 0.135. The van der Waals surface area contributed by atoms with Crippen molar-refractivity contribution in [1.29, 1.82) is 0 Å². The molecule has 4 aromatic rings. The zero-order valence-corrected chi connectivity index (χ0v) is 18.4. The molecule has 8 heteroatoms. The van der Waals surface area contributed by atoms with Crippen LogP contribution in [0.15, 0.2) is 36.7 Å². The van der Waals surface area contributed by atoms with Gasteiger partial charge in [0, 0.05) is 28.5 Å². The molecule has 3 heterocycles. The maximum absolute atomic E-state index is 6.47. The number of hydrogen-bond acceptors (Lipinski definition) is 5. The van der Waals surface area contributed by atoms with Gasteiger partial charge in [0.15, 0.2) is 0 Å². The number of fused-ring (bicyclic) bond motifs is 1. The van der Waals surface area contributed by atoms with Crippen LogP contribution in [0.2, 0.25) is 10.2 Å². The third-order valence-electron chi connectivity index (χ3n) is 5.15. The minimum atomic E-state index is 0.135. The smallest absolute Gasteiger partial charge is 0.223 e. The fraction of sp³-hybridized carbons (Fsp3) is 0.227. The van der Waals surface area contributed by atoms with E-state index in [1.54, 1.807) is 7.11 Å². The summed E-state index contributed by atoms with van der Waals surface area (Å²) in [5.41, 5.74) is 11.6. The second-order valence-corrected chi connectivity index (χ2v) is 8.00. The van der Waals surface area contributed by atoms with E-state index in [4.69, 9.17) is 33.7 Å². The Balaban J connectivity index is 1.81. The molecule has 0 atom stereocenters. The predicted molar refractivity (Wildman–Crippen MR) is 121 cm³/mol. The topological polar surface area (TPSA) is 78.8 Å². The van der Waals surface area contributed by atoms with Crippen molar-refractivity contribution in [3.63, 3.8) is 0 Å². The molecule has 4 rings (SSSR count). The number of halogens is 2. The van der Waals surface area contributed by atoms with Crippen LogP contribution in [0.1, 0.15) is 27.9 Å². The first-order chi connectivity index (χ1) is 14.4. The Hall–Kier alpha value is -2.83. The van der Waals surface area contributed by atoms with Crippen molar-refractivity contribution < 1.29 is 4.74 Å². The van der Waals surface area contributed by atoms with Crippen molar-refractivity contribution in [2.45, 2.75) is 26.8 Å². The number of hydrogen-bond donors (Lipinski definition) is 1. The van der Waals surface area contributed by atoms with Gasteiger partial charge in [0.2, 0.25) is 5.95 Å². The highest BCUT2D eigenvalue weighted by Crippen LogP contribution is 2.31. The highest BCUT2D eigenvalue weighted by atomic mass is 35.5. The summed E-state index contributed by atoms with van der Waals surface area (Å²) < 4.78 is 7.56. The van der Waals surface area contributed by atoms with Crippen LogP contribution in [-0.4, -0.2) is 26.6 Å². The third-order valence-corrected chi connectivity index (χ3v) is 5.67. The summed E-state index contributed by atoms with van der Waals surface area (Å²) in [7, 11) is 1.67. The molecule has 0 spiro atoms. The van der Waals surface area contributed by atoms with E-state index in [9.17, 15) is 0 Å². The third kappa shape index (κ3) is 3.80. The summed E-state index contributed by atoms with van der Waals surface area (Å²) in [6, 6.07) is 7.73. The molecule has 0 aliphatic carbocycles. The van der Waals surface area contributed by atoms with Crippen LogP contribution in [0.4, 0.5) is 5.95 Å². The Morgan fingerprint density at radius 3 is 2.53 bits per heavy atom. The molecule has 0 aliphatic heterocycles. The van der Waals surface area contributed by atoms with E-state index < -0.39 is 0 Å². The van der Waals surface area contributed by atoms with Gasteiger partial charge < -0.3 is 15.0 Å². The lowest BCUT2D eigenvalue weighted by atomic mass is 10.1. The monoisotopic (exact) mass is 441 g/mol. The first kappa shape index (κ1) is 20.4. The number of methoxy groups -OCH3 is 1. The number of benzene rings is 1. The summed E-state index contributed by atoms with van der Waals surface area (Å²) in [6.45, 7) is 4.49. The fourth-order valence-electron chi connectivity index (χ4n) is 3.70. The molecule has 0 radical (unpaired) electrons. The number of nitrogens with two attached hydrogens (primary N) is 1. The Labute approximate surface area is 184 Å². The first-order valence-electron chi connectivity index (χ1n) is 9.41. The number of aryl methyl sites for hydroxylation is 1. The van der Waals surface area contributed by atoms with E-state index in [0.717, 1.165) is 39.1 Å². The average molecular weight is 442 g/mol. The number of rotatable bonds is 5. The van der Waals surface area contributed by atoms with Crippen LogP contribution >= 0.6 is 23.2 Å². The van der Waals surface area contributed by atoms with Crippen molar-refractivity contribution >= 4 is 40.2 Å². The largest absolute Gasteiger partial charge is 0.496 e. The molecule has 3 aromatic heterocycles. The lowest BCUT2D eigenvalue weighted by Crippen LogP contribution is -2.07. The Bertz CT molecular complexity index is 1230. The normalized spacial score (nSPS) is 11.2. The number of pyridine rings is 1. The van der Waals surface area contributed by atoms with Crippen molar-refractivity contribution in [3.05, 3.63) is 74.8 Å². The van der Waals surface area contributed by atoms with E-state index in [1.807, 2.05) is 55.1 Å². The summed E-state index contributed by atoms with van der Waals surface area (Å²) in [5, 5.41) is 1.83. The molecule has 0 bridgehead atoms. The molecule has 0 unspecified atom stereocenters. The van der Waals surface area contributed by atoms with E-state index in [-0.39, 0.29) is 5.95 Å². The molecule has 0 aliphatic rings. The molecule has 0 saturated heterocycles. The van der Waals surface area contributed by atoms with Gasteiger partial charge >= 0.3 is 0 Å². The highest BCUT2D eigenvalue weighted by molar-refractivity contribution is 6.34.